The van der Waals surface area contributed by atoms with Crippen LogP contribution in [0.4, 0.5) is 0 Å². The molecule has 1 saturated carbocycles. The van der Waals surface area contributed by atoms with E-state index in [1.54, 1.807) is 0 Å². The van der Waals surface area contributed by atoms with Gasteiger partial charge in [-0.25, -0.2) is 4.98 Å². The molecule has 3 rings (SSSR count). The lowest BCUT2D eigenvalue weighted by Crippen LogP contribution is -2.63. The van der Waals surface area contributed by atoms with Crippen LogP contribution in [0.15, 0.2) is 18.7 Å². The molecule has 0 bridgehead atoms. The minimum absolute atomic E-state index is 0.445. The lowest BCUT2D eigenvalue weighted by Gasteiger charge is -2.46. The Morgan fingerprint density at radius 3 is 2.85 bits per heavy atom. The van der Waals surface area contributed by atoms with Crippen LogP contribution >= 0.6 is 0 Å². The second-order valence-electron chi connectivity index (χ2n) is 6.55. The van der Waals surface area contributed by atoms with Gasteiger partial charge in [0.15, 0.2) is 0 Å². The Labute approximate surface area is 122 Å². The number of imidazole rings is 1. The van der Waals surface area contributed by atoms with E-state index in [1.807, 2.05) is 12.5 Å². The smallest absolute Gasteiger partial charge is 0.0945 e. The molecule has 1 saturated heterocycles. The van der Waals surface area contributed by atoms with Crippen molar-refractivity contribution in [2.45, 2.75) is 63.6 Å². The number of hydrogen-bond donors (Lipinski definition) is 1. The maximum absolute atomic E-state index is 4.12. The van der Waals surface area contributed by atoms with E-state index in [0.717, 1.165) is 12.6 Å². The largest absolute Gasteiger partial charge is 0.337 e. The molecule has 1 spiro atoms. The minimum Gasteiger partial charge on any atom is -0.337 e. The molecule has 1 unspecified atom stereocenters. The summed E-state index contributed by atoms with van der Waals surface area (Å²) in [5.74, 6) is 0. The van der Waals surface area contributed by atoms with E-state index in [0.29, 0.717) is 5.54 Å². The highest BCUT2D eigenvalue weighted by atomic mass is 15.3. The van der Waals surface area contributed by atoms with Crippen LogP contribution in [0.25, 0.3) is 0 Å². The summed E-state index contributed by atoms with van der Waals surface area (Å²) in [6.45, 7) is 7.08. The Kier molecular flexibility index (Phi) is 4.41. The molecule has 112 valence electrons. The van der Waals surface area contributed by atoms with E-state index in [-0.39, 0.29) is 0 Å². The van der Waals surface area contributed by atoms with E-state index in [1.165, 1.54) is 58.2 Å². The quantitative estimate of drug-likeness (QED) is 0.895. The molecule has 1 aliphatic carbocycles. The maximum atomic E-state index is 4.12. The molecule has 4 nitrogen and oxygen atoms in total. The monoisotopic (exact) mass is 276 g/mol. The van der Waals surface area contributed by atoms with Gasteiger partial charge in [0.2, 0.25) is 0 Å². The van der Waals surface area contributed by atoms with Gasteiger partial charge in [-0.2, -0.15) is 0 Å². The van der Waals surface area contributed by atoms with Crippen LogP contribution in [0.2, 0.25) is 0 Å². The Morgan fingerprint density at radius 2 is 2.15 bits per heavy atom. The summed E-state index contributed by atoms with van der Waals surface area (Å²) in [7, 11) is 0. The molecule has 2 fully saturated rings. The molecular weight excluding hydrogens is 248 g/mol. The van der Waals surface area contributed by atoms with Gasteiger partial charge in [0.1, 0.15) is 0 Å². The second-order valence-corrected chi connectivity index (χ2v) is 6.55. The molecule has 20 heavy (non-hydrogen) atoms. The number of rotatable bonds is 5. The van der Waals surface area contributed by atoms with Crippen LogP contribution in [0.1, 0.15) is 45.4 Å². The third kappa shape index (κ3) is 3.07. The third-order valence-corrected chi connectivity index (χ3v) is 5.19. The molecule has 1 aliphatic heterocycles. The Hall–Kier alpha value is -0.870. The second kappa shape index (κ2) is 6.27. The van der Waals surface area contributed by atoms with Crippen molar-refractivity contribution < 1.29 is 0 Å². The third-order valence-electron chi connectivity index (χ3n) is 5.19. The average Bonchev–Trinajstić information content (AvgIpc) is 3.12. The first-order chi connectivity index (χ1) is 9.81. The standard InChI is InChI=1S/C16H28N4/c1-2-15-12-18-16(6-3-4-7-16)13-20(15)10-5-9-19-11-8-17-14-19/h8,11,14-15,18H,2-7,9-10,12-13H2,1H3. The normalized spacial score (nSPS) is 26.4. The number of aromatic nitrogens is 2. The fourth-order valence-electron chi connectivity index (χ4n) is 3.96. The topological polar surface area (TPSA) is 33.1 Å². The van der Waals surface area contributed by atoms with Crippen LogP contribution < -0.4 is 5.32 Å². The molecular formula is C16H28N4. The zero-order valence-electron chi connectivity index (χ0n) is 12.7. The Morgan fingerprint density at radius 1 is 1.30 bits per heavy atom. The van der Waals surface area contributed by atoms with Crippen LogP contribution in [-0.2, 0) is 6.54 Å². The van der Waals surface area contributed by atoms with Gasteiger partial charge in [-0.15, -0.1) is 0 Å². The molecule has 1 atom stereocenters. The van der Waals surface area contributed by atoms with Crippen molar-refractivity contribution in [3.8, 4) is 0 Å². The van der Waals surface area contributed by atoms with Gasteiger partial charge in [0.25, 0.3) is 0 Å². The summed E-state index contributed by atoms with van der Waals surface area (Å²) in [6.07, 6.45) is 13.9. The number of aryl methyl sites for hydroxylation is 1. The van der Waals surface area contributed by atoms with E-state index in [9.17, 15) is 0 Å². The molecule has 1 aromatic heterocycles. The number of nitrogens with one attached hydrogen (secondary N) is 1. The summed E-state index contributed by atoms with van der Waals surface area (Å²) in [5.41, 5.74) is 0.445. The molecule has 2 heterocycles. The van der Waals surface area contributed by atoms with Crippen LogP contribution in [0.3, 0.4) is 0 Å². The number of piperazine rings is 1. The van der Waals surface area contributed by atoms with Crippen LogP contribution in [0, 0.1) is 0 Å². The van der Waals surface area contributed by atoms with E-state index < -0.39 is 0 Å². The summed E-state index contributed by atoms with van der Waals surface area (Å²) in [4.78, 5) is 6.86. The zero-order valence-corrected chi connectivity index (χ0v) is 12.7. The van der Waals surface area contributed by atoms with Gasteiger partial charge in [0.05, 0.1) is 6.33 Å². The fourth-order valence-corrected chi connectivity index (χ4v) is 3.96. The van der Waals surface area contributed by atoms with Crippen molar-refractivity contribution in [3.63, 3.8) is 0 Å². The van der Waals surface area contributed by atoms with E-state index in [4.69, 9.17) is 0 Å². The van der Waals surface area contributed by atoms with Gasteiger partial charge in [-0.1, -0.05) is 19.8 Å². The van der Waals surface area contributed by atoms with Crippen molar-refractivity contribution in [3.05, 3.63) is 18.7 Å². The van der Waals surface area contributed by atoms with Gasteiger partial charge in [-0.05, 0) is 25.7 Å². The average molecular weight is 276 g/mol. The van der Waals surface area contributed by atoms with Gasteiger partial charge in [-0.3, -0.25) is 4.90 Å². The summed E-state index contributed by atoms with van der Waals surface area (Å²) in [5, 5.41) is 3.87. The Bertz CT molecular complexity index is 395. The highest BCUT2D eigenvalue weighted by Gasteiger charge is 2.40. The molecule has 0 amide bonds. The van der Waals surface area contributed by atoms with Crippen molar-refractivity contribution in [2.24, 2.45) is 0 Å². The first kappa shape index (κ1) is 14.1. The van der Waals surface area contributed by atoms with Crippen LogP contribution in [-0.4, -0.2) is 45.7 Å². The summed E-state index contributed by atoms with van der Waals surface area (Å²) in [6, 6.07) is 0.726. The first-order valence-corrected chi connectivity index (χ1v) is 8.26. The molecule has 0 radical (unpaired) electrons. The fraction of sp³-hybridized carbons (Fsp3) is 0.812. The van der Waals surface area contributed by atoms with Gasteiger partial charge >= 0.3 is 0 Å². The highest BCUT2D eigenvalue weighted by molar-refractivity contribution is 5.00. The maximum Gasteiger partial charge on any atom is 0.0945 e. The molecule has 1 aromatic rings. The SMILES string of the molecule is CCC1CNC2(CCCC2)CN1CCCn1ccnc1. The van der Waals surface area contributed by atoms with E-state index >= 15 is 0 Å². The zero-order chi connectivity index (χ0) is 13.8. The predicted molar refractivity (Wildman–Crippen MR) is 81.7 cm³/mol. The van der Waals surface area contributed by atoms with Crippen molar-refractivity contribution >= 4 is 0 Å². The predicted octanol–water partition coefficient (Wildman–Crippen LogP) is 2.27. The van der Waals surface area contributed by atoms with Crippen molar-refractivity contribution in [2.75, 3.05) is 19.6 Å². The number of hydrogen-bond acceptors (Lipinski definition) is 3. The van der Waals surface area contributed by atoms with Crippen LogP contribution in [0.5, 0.6) is 0 Å². The summed E-state index contributed by atoms with van der Waals surface area (Å²) < 4.78 is 2.19. The van der Waals surface area contributed by atoms with Gasteiger partial charge in [0, 0.05) is 50.2 Å². The highest BCUT2D eigenvalue weighted by Crippen LogP contribution is 2.33. The van der Waals surface area contributed by atoms with Crippen molar-refractivity contribution in [1.29, 1.82) is 0 Å². The van der Waals surface area contributed by atoms with E-state index in [2.05, 4.69) is 32.9 Å². The summed E-state index contributed by atoms with van der Waals surface area (Å²) >= 11 is 0. The first-order valence-electron chi connectivity index (χ1n) is 8.26. The van der Waals surface area contributed by atoms with Gasteiger partial charge < -0.3 is 9.88 Å². The minimum atomic E-state index is 0.445. The number of nitrogens with zero attached hydrogens (tertiary/aromatic N) is 3. The molecule has 0 aromatic carbocycles. The lowest BCUT2D eigenvalue weighted by molar-refractivity contribution is 0.0762. The molecule has 4 heteroatoms. The van der Waals surface area contributed by atoms with Crippen molar-refractivity contribution in [1.82, 2.24) is 19.8 Å². The lowest BCUT2D eigenvalue weighted by atomic mass is 9.91. The molecule has 1 N–H and O–H groups in total. The Balaban J connectivity index is 1.53. The molecule has 2 aliphatic rings.